The standard InChI is InChI=1S/C20H20N2O3/c1-14-8-17(25-11-16-5-3-4-15(9-16)10-21)6-7-18(14)22-19(23)20(2)12-24-13-20/h3-9H,11-13H2,1-2H3,(H,22,23). The van der Waals surface area contributed by atoms with Gasteiger partial charge in [-0.2, -0.15) is 5.26 Å². The summed E-state index contributed by atoms with van der Waals surface area (Å²) in [4.78, 5) is 12.3. The Labute approximate surface area is 147 Å². The zero-order valence-electron chi connectivity index (χ0n) is 14.3. The molecular formula is C20H20N2O3. The molecule has 1 aliphatic rings. The van der Waals surface area contributed by atoms with Gasteiger partial charge in [0.2, 0.25) is 5.91 Å². The first-order valence-corrected chi connectivity index (χ1v) is 8.12. The molecule has 1 N–H and O–H groups in total. The van der Waals surface area contributed by atoms with E-state index in [1.807, 2.05) is 50.2 Å². The lowest BCUT2D eigenvalue weighted by molar-refractivity contribution is -0.151. The summed E-state index contributed by atoms with van der Waals surface area (Å²) in [5.74, 6) is 0.694. The minimum absolute atomic E-state index is 0.0242. The molecule has 0 unspecified atom stereocenters. The highest BCUT2D eigenvalue weighted by molar-refractivity contribution is 5.96. The van der Waals surface area contributed by atoms with Crippen LogP contribution in [0, 0.1) is 23.7 Å². The largest absolute Gasteiger partial charge is 0.489 e. The van der Waals surface area contributed by atoms with Gasteiger partial charge >= 0.3 is 0 Å². The topological polar surface area (TPSA) is 71.3 Å². The molecule has 1 saturated heterocycles. The van der Waals surface area contributed by atoms with Crippen molar-refractivity contribution in [2.45, 2.75) is 20.5 Å². The second kappa shape index (κ2) is 6.96. The number of anilines is 1. The van der Waals surface area contributed by atoms with Crippen molar-refractivity contribution in [3.05, 3.63) is 59.2 Å². The van der Waals surface area contributed by atoms with Crippen LogP contribution in [0.1, 0.15) is 23.6 Å². The number of hydrogen-bond acceptors (Lipinski definition) is 4. The fraction of sp³-hybridized carbons (Fsp3) is 0.300. The molecule has 0 radical (unpaired) electrons. The Morgan fingerprint density at radius 3 is 2.76 bits per heavy atom. The van der Waals surface area contributed by atoms with Gasteiger partial charge in [0.25, 0.3) is 0 Å². The summed E-state index contributed by atoms with van der Waals surface area (Å²) >= 11 is 0. The van der Waals surface area contributed by atoms with Crippen molar-refractivity contribution >= 4 is 11.6 Å². The smallest absolute Gasteiger partial charge is 0.235 e. The molecule has 1 amide bonds. The van der Waals surface area contributed by atoms with E-state index < -0.39 is 5.41 Å². The Morgan fingerprint density at radius 2 is 2.12 bits per heavy atom. The maximum absolute atomic E-state index is 12.3. The van der Waals surface area contributed by atoms with Crippen molar-refractivity contribution in [2.24, 2.45) is 5.41 Å². The van der Waals surface area contributed by atoms with Gasteiger partial charge in [-0.15, -0.1) is 0 Å². The fourth-order valence-electron chi connectivity index (χ4n) is 2.58. The molecule has 1 aliphatic heterocycles. The third kappa shape index (κ3) is 3.81. The number of nitrogens with one attached hydrogen (secondary N) is 1. The molecular weight excluding hydrogens is 316 g/mol. The summed E-state index contributed by atoms with van der Waals surface area (Å²) in [7, 11) is 0. The van der Waals surface area contributed by atoms with Crippen molar-refractivity contribution in [3.8, 4) is 11.8 Å². The number of nitrogens with zero attached hydrogens (tertiary/aromatic N) is 1. The lowest BCUT2D eigenvalue weighted by Gasteiger charge is -2.36. The molecule has 1 fully saturated rings. The van der Waals surface area contributed by atoms with Gasteiger partial charge in [0, 0.05) is 5.69 Å². The van der Waals surface area contributed by atoms with Crippen LogP contribution in [0.2, 0.25) is 0 Å². The van der Waals surface area contributed by atoms with Crippen LogP contribution in [-0.2, 0) is 16.1 Å². The number of hydrogen-bond donors (Lipinski definition) is 1. The van der Waals surface area contributed by atoms with Crippen molar-refractivity contribution in [2.75, 3.05) is 18.5 Å². The van der Waals surface area contributed by atoms with Gasteiger partial charge in [0.15, 0.2) is 0 Å². The van der Waals surface area contributed by atoms with Gasteiger partial charge in [0.1, 0.15) is 12.4 Å². The molecule has 0 atom stereocenters. The van der Waals surface area contributed by atoms with Gasteiger partial charge < -0.3 is 14.8 Å². The second-order valence-electron chi connectivity index (χ2n) is 6.59. The van der Waals surface area contributed by atoms with Gasteiger partial charge in [-0.05, 0) is 55.3 Å². The van der Waals surface area contributed by atoms with Gasteiger partial charge in [-0.1, -0.05) is 12.1 Å². The molecule has 0 saturated carbocycles. The van der Waals surface area contributed by atoms with E-state index in [9.17, 15) is 4.79 Å². The van der Waals surface area contributed by atoms with Crippen molar-refractivity contribution in [1.82, 2.24) is 0 Å². The Balaban J connectivity index is 1.63. The number of carbonyl (C=O) groups is 1. The monoisotopic (exact) mass is 336 g/mol. The van der Waals surface area contributed by atoms with Crippen LogP contribution in [0.15, 0.2) is 42.5 Å². The van der Waals surface area contributed by atoms with Crippen LogP contribution in [0.25, 0.3) is 0 Å². The molecule has 2 aromatic rings. The third-order valence-corrected chi connectivity index (χ3v) is 4.30. The van der Waals surface area contributed by atoms with E-state index in [1.165, 1.54) is 0 Å². The van der Waals surface area contributed by atoms with Crippen LogP contribution < -0.4 is 10.1 Å². The molecule has 2 aromatic carbocycles. The van der Waals surface area contributed by atoms with Crippen molar-refractivity contribution < 1.29 is 14.3 Å². The molecule has 25 heavy (non-hydrogen) atoms. The maximum Gasteiger partial charge on any atom is 0.235 e. The molecule has 0 spiro atoms. The number of rotatable bonds is 5. The number of benzene rings is 2. The molecule has 5 nitrogen and oxygen atoms in total. The number of carbonyl (C=O) groups excluding carboxylic acids is 1. The van der Waals surface area contributed by atoms with E-state index in [1.54, 1.807) is 6.07 Å². The first kappa shape index (κ1) is 17.0. The van der Waals surface area contributed by atoms with E-state index in [0.717, 1.165) is 22.6 Å². The van der Waals surface area contributed by atoms with Gasteiger partial charge in [-0.25, -0.2) is 0 Å². The van der Waals surface area contributed by atoms with Crippen LogP contribution >= 0.6 is 0 Å². The van der Waals surface area contributed by atoms with Crippen molar-refractivity contribution in [3.63, 3.8) is 0 Å². The number of aryl methyl sites for hydroxylation is 1. The number of amides is 1. The lowest BCUT2D eigenvalue weighted by Crippen LogP contribution is -2.49. The zero-order valence-corrected chi connectivity index (χ0v) is 14.3. The molecule has 0 bridgehead atoms. The van der Waals surface area contributed by atoms with Gasteiger partial charge in [0.05, 0.1) is 30.3 Å². The average Bonchev–Trinajstić information content (AvgIpc) is 2.60. The summed E-state index contributed by atoms with van der Waals surface area (Å²) in [5, 5.41) is 11.9. The van der Waals surface area contributed by atoms with E-state index in [2.05, 4.69) is 11.4 Å². The quantitative estimate of drug-likeness (QED) is 0.908. The summed E-state index contributed by atoms with van der Waals surface area (Å²) in [6.07, 6.45) is 0. The zero-order chi connectivity index (χ0) is 17.9. The van der Waals surface area contributed by atoms with Crippen LogP contribution in [-0.4, -0.2) is 19.1 Å². The SMILES string of the molecule is Cc1cc(OCc2cccc(C#N)c2)ccc1NC(=O)C1(C)COC1. The lowest BCUT2D eigenvalue weighted by atomic mass is 9.87. The van der Waals surface area contributed by atoms with E-state index in [4.69, 9.17) is 14.7 Å². The highest BCUT2D eigenvalue weighted by Crippen LogP contribution is 2.30. The Kier molecular flexibility index (Phi) is 4.73. The predicted octanol–water partition coefficient (Wildman–Crippen LogP) is 3.42. The Morgan fingerprint density at radius 1 is 1.32 bits per heavy atom. The molecule has 5 heteroatoms. The van der Waals surface area contributed by atoms with Crippen LogP contribution in [0.4, 0.5) is 5.69 Å². The molecule has 0 aromatic heterocycles. The predicted molar refractivity (Wildman–Crippen MR) is 94.2 cm³/mol. The minimum atomic E-state index is -0.437. The van der Waals surface area contributed by atoms with Crippen molar-refractivity contribution in [1.29, 1.82) is 5.26 Å². The number of ether oxygens (including phenoxy) is 2. The first-order chi connectivity index (χ1) is 12.0. The maximum atomic E-state index is 12.3. The highest BCUT2D eigenvalue weighted by Gasteiger charge is 2.41. The summed E-state index contributed by atoms with van der Waals surface area (Å²) in [6.45, 7) is 5.13. The molecule has 3 rings (SSSR count). The Bertz CT molecular complexity index is 835. The fourth-order valence-corrected chi connectivity index (χ4v) is 2.58. The van der Waals surface area contributed by atoms with E-state index >= 15 is 0 Å². The van der Waals surface area contributed by atoms with Crippen LogP contribution in [0.5, 0.6) is 5.75 Å². The Hall–Kier alpha value is -2.84. The second-order valence-corrected chi connectivity index (χ2v) is 6.59. The average molecular weight is 336 g/mol. The summed E-state index contributed by atoms with van der Waals surface area (Å²) < 4.78 is 10.9. The third-order valence-electron chi connectivity index (χ3n) is 4.30. The summed E-state index contributed by atoms with van der Waals surface area (Å²) in [6, 6.07) is 15.0. The highest BCUT2D eigenvalue weighted by atomic mass is 16.5. The summed E-state index contributed by atoms with van der Waals surface area (Å²) in [5.41, 5.74) is 2.82. The molecule has 128 valence electrons. The van der Waals surface area contributed by atoms with E-state index in [0.29, 0.717) is 25.4 Å². The first-order valence-electron chi connectivity index (χ1n) is 8.12. The van der Waals surface area contributed by atoms with E-state index in [-0.39, 0.29) is 5.91 Å². The molecule has 1 heterocycles. The minimum Gasteiger partial charge on any atom is -0.489 e. The van der Waals surface area contributed by atoms with Crippen LogP contribution in [0.3, 0.4) is 0 Å². The molecule has 0 aliphatic carbocycles. The normalized spacial score (nSPS) is 14.9. The van der Waals surface area contributed by atoms with Gasteiger partial charge in [-0.3, -0.25) is 4.79 Å². The number of nitriles is 1.